The van der Waals surface area contributed by atoms with Gasteiger partial charge in [0.2, 0.25) is 11.8 Å². The highest BCUT2D eigenvalue weighted by atomic mass is 16.2. The highest BCUT2D eigenvalue weighted by molar-refractivity contribution is 5.91. The molecule has 0 radical (unpaired) electrons. The number of para-hydroxylation sites is 1. The van der Waals surface area contributed by atoms with Crippen LogP contribution in [0.3, 0.4) is 0 Å². The molecule has 10 nitrogen and oxygen atoms in total. The van der Waals surface area contributed by atoms with Crippen molar-refractivity contribution in [3.05, 3.63) is 65.9 Å². The molecule has 170 valence electrons. The largest absolute Gasteiger partial charge is 0.350 e. The molecule has 0 saturated carbocycles. The molecule has 1 aliphatic rings. The summed E-state index contributed by atoms with van der Waals surface area (Å²) in [5.74, 6) is 0.996. The Hall–Kier alpha value is -3.79. The van der Waals surface area contributed by atoms with Gasteiger partial charge in [-0.15, -0.1) is 0 Å². The first-order valence-corrected chi connectivity index (χ1v) is 11.2. The number of carbonyl (C=O) groups excluding carboxylic acids is 1. The zero-order valence-corrected chi connectivity index (χ0v) is 18.7. The molecule has 0 aliphatic carbocycles. The molecule has 1 aromatic carbocycles. The SMILES string of the molecule is CC(C)c1cnn2c(NCc3ccccc3-n3cccn3)nc(C(=O)NCC3CNC3)nc12. The predicted molar refractivity (Wildman–Crippen MR) is 124 cm³/mol. The highest BCUT2D eigenvalue weighted by Crippen LogP contribution is 2.22. The molecular weight excluding hydrogens is 418 g/mol. The average molecular weight is 446 g/mol. The first kappa shape index (κ1) is 21.1. The van der Waals surface area contributed by atoms with Crippen molar-refractivity contribution in [2.45, 2.75) is 26.3 Å². The summed E-state index contributed by atoms with van der Waals surface area (Å²) in [5, 5.41) is 18.4. The van der Waals surface area contributed by atoms with E-state index in [1.807, 2.05) is 41.2 Å². The number of aromatic nitrogens is 6. The number of hydrogen-bond donors (Lipinski definition) is 3. The van der Waals surface area contributed by atoms with Gasteiger partial charge in [0.1, 0.15) is 0 Å². The van der Waals surface area contributed by atoms with Gasteiger partial charge in [-0.05, 0) is 23.6 Å². The summed E-state index contributed by atoms with van der Waals surface area (Å²) in [7, 11) is 0. The van der Waals surface area contributed by atoms with E-state index < -0.39 is 0 Å². The number of hydrogen-bond acceptors (Lipinski definition) is 7. The Bertz CT molecular complexity index is 1260. The molecule has 10 heteroatoms. The molecule has 1 amide bonds. The van der Waals surface area contributed by atoms with Crippen molar-refractivity contribution in [3.63, 3.8) is 0 Å². The number of benzene rings is 1. The first-order chi connectivity index (χ1) is 16.1. The Kier molecular flexibility index (Phi) is 5.74. The second-order valence-electron chi connectivity index (χ2n) is 8.53. The molecule has 0 bridgehead atoms. The molecule has 0 atom stereocenters. The van der Waals surface area contributed by atoms with Gasteiger partial charge >= 0.3 is 0 Å². The summed E-state index contributed by atoms with van der Waals surface area (Å²) in [6.45, 7) is 7.09. The normalized spacial score (nSPS) is 13.9. The standard InChI is InChI=1S/C23H27N9O/c1-15(2)18-14-28-32-21(18)29-20(22(33)25-12-16-10-24-11-16)30-23(32)26-13-17-6-3-4-7-19(17)31-9-5-8-27-31/h3-9,14-16,24H,10-13H2,1-2H3,(H,25,33)(H,26,29,30). The molecule has 0 spiro atoms. The van der Waals surface area contributed by atoms with Crippen LogP contribution in [-0.2, 0) is 6.54 Å². The van der Waals surface area contributed by atoms with Crippen LogP contribution < -0.4 is 16.0 Å². The van der Waals surface area contributed by atoms with Crippen LogP contribution in [0.25, 0.3) is 11.3 Å². The molecule has 4 heterocycles. The Labute approximate surface area is 191 Å². The minimum absolute atomic E-state index is 0.139. The Morgan fingerprint density at radius 1 is 1.18 bits per heavy atom. The van der Waals surface area contributed by atoms with E-state index in [9.17, 15) is 4.79 Å². The zero-order valence-electron chi connectivity index (χ0n) is 18.7. The molecule has 1 saturated heterocycles. The number of nitrogens with zero attached hydrogens (tertiary/aromatic N) is 6. The van der Waals surface area contributed by atoms with E-state index in [-0.39, 0.29) is 17.6 Å². The molecule has 0 unspecified atom stereocenters. The molecule has 5 rings (SSSR count). The van der Waals surface area contributed by atoms with Crippen molar-refractivity contribution in [2.75, 3.05) is 25.0 Å². The number of rotatable bonds is 8. The third-order valence-electron chi connectivity index (χ3n) is 5.82. The quantitative estimate of drug-likeness (QED) is 0.380. The van der Waals surface area contributed by atoms with E-state index in [2.05, 4.69) is 50.0 Å². The first-order valence-electron chi connectivity index (χ1n) is 11.2. The van der Waals surface area contributed by atoms with Gasteiger partial charge in [-0.25, -0.2) is 9.67 Å². The Morgan fingerprint density at radius 3 is 2.76 bits per heavy atom. The van der Waals surface area contributed by atoms with Gasteiger partial charge in [0.05, 0.1) is 11.9 Å². The van der Waals surface area contributed by atoms with Gasteiger partial charge < -0.3 is 16.0 Å². The average Bonchev–Trinajstić information content (AvgIpc) is 3.46. The van der Waals surface area contributed by atoms with Gasteiger partial charge in [-0.3, -0.25) is 4.79 Å². The fourth-order valence-corrected chi connectivity index (χ4v) is 3.80. The monoisotopic (exact) mass is 445 g/mol. The van der Waals surface area contributed by atoms with Crippen LogP contribution in [0.15, 0.2) is 48.9 Å². The van der Waals surface area contributed by atoms with Crippen LogP contribution in [-0.4, -0.2) is 54.9 Å². The lowest BCUT2D eigenvalue weighted by Gasteiger charge is -2.26. The maximum atomic E-state index is 12.8. The van der Waals surface area contributed by atoms with E-state index in [1.165, 1.54) is 0 Å². The van der Waals surface area contributed by atoms with E-state index in [1.54, 1.807) is 16.9 Å². The second-order valence-corrected chi connectivity index (χ2v) is 8.53. The van der Waals surface area contributed by atoms with Crippen LogP contribution >= 0.6 is 0 Å². The van der Waals surface area contributed by atoms with Crippen molar-refractivity contribution >= 4 is 17.5 Å². The summed E-state index contributed by atoms with van der Waals surface area (Å²) in [4.78, 5) is 21.9. The molecular formula is C23H27N9O. The third-order valence-corrected chi connectivity index (χ3v) is 5.82. The molecule has 3 aromatic heterocycles. The van der Waals surface area contributed by atoms with Crippen molar-refractivity contribution in [2.24, 2.45) is 5.92 Å². The Balaban J connectivity index is 1.45. The van der Waals surface area contributed by atoms with Crippen LogP contribution in [0.2, 0.25) is 0 Å². The minimum Gasteiger partial charge on any atom is -0.350 e. The van der Waals surface area contributed by atoms with Gasteiger partial charge in [0.15, 0.2) is 5.65 Å². The molecule has 3 N–H and O–H groups in total. The zero-order chi connectivity index (χ0) is 22.8. The van der Waals surface area contributed by atoms with E-state index in [0.717, 1.165) is 29.9 Å². The number of nitrogens with one attached hydrogen (secondary N) is 3. The molecule has 1 aliphatic heterocycles. The van der Waals surface area contributed by atoms with E-state index in [0.29, 0.717) is 30.6 Å². The number of amides is 1. The van der Waals surface area contributed by atoms with E-state index >= 15 is 0 Å². The second kappa shape index (κ2) is 8.99. The maximum absolute atomic E-state index is 12.8. The third kappa shape index (κ3) is 4.29. The van der Waals surface area contributed by atoms with Crippen LogP contribution in [0, 0.1) is 5.92 Å². The fraction of sp³-hybridized carbons (Fsp3) is 0.348. The van der Waals surface area contributed by atoms with Crippen LogP contribution in [0.4, 0.5) is 5.95 Å². The topological polar surface area (TPSA) is 114 Å². The Morgan fingerprint density at radius 2 is 2.03 bits per heavy atom. The van der Waals surface area contributed by atoms with Gasteiger partial charge in [0, 0.05) is 50.1 Å². The fourth-order valence-electron chi connectivity index (χ4n) is 3.80. The van der Waals surface area contributed by atoms with E-state index in [4.69, 9.17) is 0 Å². The van der Waals surface area contributed by atoms with Crippen molar-refractivity contribution in [3.8, 4) is 5.69 Å². The lowest BCUT2D eigenvalue weighted by atomic mass is 10.0. The minimum atomic E-state index is -0.278. The number of carbonyl (C=O) groups is 1. The van der Waals surface area contributed by atoms with Crippen molar-refractivity contribution in [1.29, 1.82) is 0 Å². The van der Waals surface area contributed by atoms with Gasteiger partial charge in [-0.1, -0.05) is 32.0 Å². The lowest BCUT2D eigenvalue weighted by molar-refractivity contribution is 0.0932. The summed E-state index contributed by atoms with van der Waals surface area (Å²) >= 11 is 0. The predicted octanol–water partition coefficient (Wildman–Crippen LogP) is 1.99. The number of anilines is 1. The van der Waals surface area contributed by atoms with Gasteiger partial charge in [-0.2, -0.15) is 19.7 Å². The molecule has 4 aromatic rings. The van der Waals surface area contributed by atoms with Crippen LogP contribution in [0.1, 0.15) is 41.5 Å². The summed E-state index contributed by atoms with van der Waals surface area (Å²) < 4.78 is 3.49. The van der Waals surface area contributed by atoms with Crippen molar-refractivity contribution in [1.82, 2.24) is 40.0 Å². The highest BCUT2D eigenvalue weighted by Gasteiger charge is 2.21. The molecule has 1 fully saturated rings. The number of fused-ring (bicyclic) bond motifs is 1. The summed E-state index contributed by atoms with van der Waals surface area (Å²) in [5.41, 5.74) is 3.61. The lowest BCUT2D eigenvalue weighted by Crippen LogP contribution is -2.48. The van der Waals surface area contributed by atoms with Crippen molar-refractivity contribution < 1.29 is 4.79 Å². The van der Waals surface area contributed by atoms with Crippen LogP contribution in [0.5, 0.6) is 0 Å². The molecule has 33 heavy (non-hydrogen) atoms. The summed E-state index contributed by atoms with van der Waals surface area (Å²) in [6.07, 6.45) is 5.45. The smallest absolute Gasteiger partial charge is 0.289 e. The summed E-state index contributed by atoms with van der Waals surface area (Å²) in [6, 6.07) is 9.90. The maximum Gasteiger partial charge on any atom is 0.289 e. The van der Waals surface area contributed by atoms with Gasteiger partial charge in [0.25, 0.3) is 5.91 Å².